The average Bonchev–Trinajstić information content (AvgIpc) is 3.08. The molecule has 1 saturated heterocycles. The Kier molecular flexibility index (Phi) is 16.9. The monoisotopic (exact) mass is 803 g/mol. The molecule has 19 heteroatoms. The van der Waals surface area contributed by atoms with Crippen LogP contribution >= 0.6 is 31.8 Å². The number of benzene rings is 2. The number of nitrogens with one attached hydrogen (secondary N) is 1. The Labute approximate surface area is 316 Å². The Morgan fingerprint density at radius 2 is 1.34 bits per heavy atom. The van der Waals surface area contributed by atoms with Gasteiger partial charge in [-0.15, -0.1) is 0 Å². The Balaban J connectivity index is 2.18. The predicted molar refractivity (Wildman–Crippen MR) is 186 cm³/mol. The molecule has 1 aliphatic heterocycles. The fourth-order valence-corrected chi connectivity index (χ4v) is 6.49. The Morgan fingerprint density at radius 3 is 1.77 bits per heavy atom. The van der Waals surface area contributed by atoms with E-state index in [1.54, 1.807) is 48.5 Å². The second-order valence-corrected chi connectivity index (χ2v) is 13.6. The number of esters is 5. The number of ether oxygens (including phenoxy) is 6. The minimum Gasteiger partial charge on any atom is -0.465 e. The molecule has 2 aromatic carbocycles. The number of hydrogen-bond acceptors (Lipinski definition) is 15. The van der Waals surface area contributed by atoms with E-state index in [1.807, 2.05) is 0 Å². The molecule has 0 saturated carbocycles. The van der Waals surface area contributed by atoms with Gasteiger partial charge in [0.25, 0.3) is 5.79 Å². The van der Waals surface area contributed by atoms with Crippen LogP contribution in [-0.4, -0.2) is 85.7 Å². The maximum atomic E-state index is 13.9. The van der Waals surface area contributed by atoms with Crippen molar-refractivity contribution in [1.29, 1.82) is 0 Å². The Morgan fingerprint density at radius 1 is 0.811 bits per heavy atom. The number of carbonyl (C=O) groups excluding carboxylic acids is 6. The zero-order valence-electron chi connectivity index (χ0n) is 29.7. The van der Waals surface area contributed by atoms with Gasteiger partial charge in [-0.2, -0.15) is 0 Å². The van der Waals surface area contributed by atoms with Crippen molar-refractivity contribution in [2.24, 2.45) is 0 Å². The van der Waals surface area contributed by atoms with Crippen molar-refractivity contribution in [1.82, 2.24) is 5.32 Å². The minimum absolute atomic E-state index is 0.112. The second kappa shape index (κ2) is 20.5. The Hall–Kier alpha value is -3.89. The van der Waals surface area contributed by atoms with E-state index in [2.05, 4.69) is 5.32 Å². The summed E-state index contributed by atoms with van der Waals surface area (Å²) in [4.78, 5) is 75.5. The summed E-state index contributed by atoms with van der Waals surface area (Å²) in [5.74, 6) is -7.83. The van der Waals surface area contributed by atoms with E-state index in [1.165, 1.54) is 0 Å². The molecular weight excluding hydrogens is 764 g/mol. The number of amides is 1. The van der Waals surface area contributed by atoms with Crippen LogP contribution in [0.1, 0.15) is 52.2 Å². The van der Waals surface area contributed by atoms with E-state index in [0.717, 1.165) is 41.7 Å². The zero-order valence-corrected chi connectivity index (χ0v) is 32.1. The summed E-state index contributed by atoms with van der Waals surface area (Å²) >= 11 is 12.1. The van der Waals surface area contributed by atoms with E-state index in [9.17, 15) is 28.8 Å². The molecule has 290 valence electrons. The van der Waals surface area contributed by atoms with Crippen LogP contribution in [0.3, 0.4) is 0 Å². The van der Waals surface area contributed by atoms with Gasteiger partial charge in [0, 0.05) is 44.7 Å². The number of methoxy groups -OCH3 is 1. The molecule has 0 radical (unpaired) electrons. The standard InChI is InChI=1S/C34H40Cl2NO15P/c1-19(38)37-30-28(48-21(3)40)15-34(33(43)44-6,51-32(30)31(50-23(5)42)29(49-22(4)41)18-45-20(2)39)52-53(46-16-24-7-11-26(35)12-8-24)47-17-25-9-13-27(36)14-10-25/h7-14,28-32H,15-18H2,1-6H3,(H,37,38)/t28-,29+,30+,31+,32+,34+/m0/s1. The molecule has 1 fully saturated rings. The molecule has 53 heavy (non-hydrogen) atoms. The summed E-state index contributed by atoms with van der Waals surface area (Å²) in [6, 6.07) is 11.9. The summed E-state index contributed by atoms with van der Waals surface area (Å²) in [6.07, 6.45) is -7.14. The van der Waals surface area contributed by atoms with Crippen molar-refractivity contribution in [2.45, 2.75) is 90.5 Å². The van der Waals surface area contributed by atoms with Crippen LogP contribution in [-0.2, 0) is 84.0 Å². The molecule has 3 rings (SSSR count). The number of hydrogen-bond donors (Lipinski definition) is 1. The molecule has 16 nitrogen and oxygen atoms in total. The number of halogens is 2. The topological polar surface area (TPSA) is 198 Å². The second-order valence-electron chi connectivity index (χ2n) is 11.5. The lowest BCUT2D eigenvalue weighted by molar-refractivity contribution is -0.292. The molecule has 0 spiro atoms. The predicted octanol–water partition coefficient (Wildman–Crippen LogP) is 4.49. The van der Waals surface area contributed by atoms with Gasteiger partial charge < -0.3 is 42.8 Å². The molecule has 6 atom stereocenters. The van der Waals surface area contributed by atoms with E-state index < -0.39 is 93.6 Å². The van der Waals surface area contributed by atoms with Crippen molar-refractivity contribution >= 4 is 67.6 Å². The lowest BCUT2D eigenvalue weighted by Gasteiger charge is -2.48. The van der Waals surface area contributed by atoms with Gasteiger partial charge in [0.15, 0.2) is 12.2 Å². The van der Waals surface area contributed by atoms with Crippen LogP contribution < -0.4 is 5.32 Å². The van der Waals surface area contributed by atoms with Crippen molar-refractivity contribution in [3.05, 3.63) is 69.7 Å². The van der Waals surface area contributed by atoms with Gasteiger partial charge in [-0.3, -0.25) is 28.5 Å². The van der Waals surface area contributed by atoms with E-state index in [-0.39, 0.29) is 13.2 Å². The average molecular weight is 805 g/mol. The van der Waals surface area contributed by atoms with Crippen LogP contribution in [0.15, 0.2) is 48.5 Å². The zero-order chi connectivity index (χ0) is 39.3. The normalized spacial score (nSPS) is 20.7. The first-order chi connectivity index (χ1) is 25.0. The highest BCUT2D eigenvalue weighted by Crippen LogP contribution is 2.50. The first-order valence-corrected chi connectivity index (χ1v) is 17.8. The van der Waals surface area contributed by atoms with Gasteiger partial charge in [0.1, 0.15) is 18.8 Å². The quantitative estimate of drug-likeness (QED) is 0.133. The first-order valence-electron chi connectivity index (χ1n) is 15.9. The minimum atomic E-state index is -2.59. The summed E-state index contributed by atoms with van der Waals surface area (Å²) in [5, 5.41) is 3.55. The van der Waals surface area contributed by atoms with Gasteiger partial charge in [0.05, 0.1) is 32.8 Å². The van der Waals surface area contributed by atoms with E-state index in [0.29, 0.717) is 21.2 Å². The lowest BCUT2D eigenvalue weighted by Crippen LogP contribution is -2.69. The van der Waals surface area contributed by atoms with Crippen molar-refractivity contribution in [2.75, 3.05) is 13.7 Å². The fourth-order valence-electron chi connectivity index (χ4n) is 5.12. The molecular formula is C34H40Cl2NO15P. The van der Waals surface area contributed by atoms with Crippen LogP contribution in [0.4, 0.5) is 0 Å². The van der Waals surface area contributed by atoms with Gasteiger partial charge >= 0.3 is 38.4 Å². The summed E-state index contributed by atoms with van der Waals surface area (Å²) in [7, 11) is -1.55. The third-order valence-electron chi connectivity index (χ3n) is 7.22. The third kappa shape index (κ3) is 13.8. The van der Waals surface area contributed by atoms with Crippen LogP contribution in [0.25, 0.3) is 0 Å². The van der Waals surface area contributed by atoms with Crippen molar-refractivity contribution in [3.63, 3.8) is 0 Å². The van der Waals surface area contributed by atoms with Gasteiger partial charge in [-0.1, -0.05) is 47.5 Å². The SMILES string of the molecule is COC(=O)[C@]1(OP(OCc2ccc(Cl)cc2)OCc2ccc(Cl)cc2)C[C@H](OC(C)=O)[C@@H](NC(C)=O)[C@H]([C@H](OC(C)=O)[C@@H](COC(C)=O)OC(C)=O)O1. The lowest BCUT2D eigenvalue weighted by atomic mass is 9.88. The van der Waals surface area contributed by atoms with Crippen molar-refractivity contribution in [3.8, 4) is 0 Å². The Bertz CT molecular complexity index is 1550. The third-order valence-corrected chi connectivity index (χ3v) is 8.84. The van der Waals surface area contributed by atoms with E-state index in [4.69, 9.17) is 65.2 Å². The summed E-state index contributed by atoms with van der Waals surface area (Å²) < 4.78 is 51.5. The summed E-state index contributed by atoms with van der Waals surface area (Å²) in [5.41, 5.74) is 1.28. The highest BCUT2D eigenvalue weighted by Gasteiger charge is 2.60. The van der Waals surface area contributed by atoms with Crippen molar-refractivity contribution < 1.29 is 70.8 Å². The molecule has 0 unspecified atom stereocenters. The largest absolute Gasteiger partial charge is 0.465 e. The molecule has 0 aromatic heterocycles. The molecule has 1 amide bonds. The number of carbonyl (C=O) groups is 6. The highest BCUT2D eigenvalue weighted by atomic mass is 35.5. The highest BCUT2D eigenvalue weighted by molar-refractivity contribution is 7.41. The van der Waals surface area contributed by atoms with E-state index >= 15 is 0 Å². The molecule has 1 heterocycles. The molecule has 0 bridgehead atoms. The first kappa shape index (κ1) is 43.5. The number of rotatable bonds is 17. The fraction of sp³-hybridized carbons (Fsp3) is 0.471. The van der Waals surface area contributed by atoms with Crippen LogP contribution in [0, 0.1) is 0 Å². The summed E-state index contributed by atoms with van der Waals surface area (Å²) in [6.45, 7) is 4.51. The van der Waals surface area contributed by atoms with Crippen LogP contribution in [0.5, 0.6) is 0 Å². The van der Waals surface area contributed by atoms with Gasteiger partial charge in [-0.05, 0) is 35.4 Å². The maximum Gasteiger partial charge on any atom is 0.367 e. The molecule has 0 aliphatic carbocycles. The molecule has 1 N–H and O–H groups in total. The van der Waals surface area contributed by atoms with Crippen LogP contribution in [0.2, 0.25) is 10.0 Å². The maximum absolute atomic E-state index is 13.9. The van der Waals surface area contributed by atoms with Gasteiger partial charge in [-0.25, -0.2) is 4.79 Å². The molecule has 2 aromatic rings. The molecule has 1 aliphatic rings. The van der Waals surface area contributed by atoms with Gasteiger partial charge in [0.2, 0.25) is 5.91 Å². The smallest absolute Gasteiger partial charge is 0.367 e.